The number of hydrogen-bond acceptors (Lipinski definition) is 4. The van der Waals surface area contributed by atoms with E-state index in [9.17, 15) is 0 Å². The molecule has 180 valence electrons. The van der Waals surface area contributed by atoms with Crippen molar-refractivity contribution in [2.45, 2.75) is 45.4 Å². The van der Waals surface area contributed by atoms with Gasteiger partial charge in [0.15, 0.2) is 12.6 Å². The lowest BCUT2D eigenvalue weighted by molar-refractivity contribution is -0.226. The molecule has 35 heavy (non-hydrogen) atoms. The Kier molecular flexibility index (Phi) is 10.1. The molecular formula is C31H32O4. The number of ether oxygens (including phenoxy) is 4. The van der Waals surface area contributed by atoms with Gasteiger partial charge < -0.3 is 18.9 Å². The van der Waals surface area contributed by atoms with Crippen molar-refractivity contribution < 1.29 is 18.9 Å². The minimum absolute atomic E-state index is 0.444. The highest BCUT2D eigenvalue weighted by Crippen LogP contribution is 2.18. The SMILES string of the molecule is c1ccc(COC(CC(OCc2ccccc2)OCc2ccccc2)OCc2ccccc2)cc1. The zero-order valence-electron chi connectivity index (χ0n) is 19.9. The van der Waals surface area contributed by atoms with E-state index in [1.54, 1.807) is 0 Å². The highest BCUT2D eigenvalue weighted by Gasteiger charge is 2.20. The van der Waals surface area contributed by atoms with Crippen LogP contribution in [0.5, 0.6) is 0 Å². The first-order chi connectivity index (χ1) is 17.3. The van der Waals surface area contributed by atoms with Crippen LogP contribution in [0.15, 0.2) is 121 Å². The molecule has 0 saturated heterocycles. The summed E-state index contributed by atoms with van der Waals surface area (Å²) in [4.78, 5) is 0. The van der Waals surface area contributed by atoms with Gasteiger partial charge in [-0.15, -0.1) is 0 Å². The van der Waals surface area contributed by atoms with Gasteiger partial charge in [0.25, 0.3) is 0 Å². The Hall–Kier alpha value is -3.28. The van der Waals surface area contributed by atoms with E-state index in [-0.39, 0.29) is 0 Å². The van der Waals surface area contributed by atoms with E-state index in [2.05, 4.69) is 0 Å². The highest BCUT2D eigenvalue weighted by atomic mass is 16.7. The van der Waals surface area contributed by atoms with Crippen LogP contribution in [0.4, 0.5) is 0 Å². The topological polar surface area (TPSA) is 36.9 Å². The molecule has 0 amide bonds. The molecule has 0 aromatic heterocycles. The van der Waals surface area contributed by atoms with Crippen LogP contribution in [-0.4, -0.2) is 12.6 Å². The van der Waals surface area contributed by atoms with E-state index in [0.29, 0.717) is 32.8 Å². The Morgan fingerprint density at radius 3 is 0.800 bits per heavy atom. The van der Waals surface area contributed by atoms with Gasteiger partial charge in [0.1, 0.15) is 0 Å². The minimum Gasteiger partial charge on any atom is -0.348 e. The number of benzene rings is 4. The first-order valence-corrected chi connectivity index (χ1v) is 12.0. The molecule has 0 aliphatic heterocycles. The summed E-state index contributed by atoms with van der Waals surface area (Å²) in [6.45, 7) is 1.80. The van der Waals surface area contributed by atoms with E-state index < -0.39 is 12.6 Å². The van der Waals surface area contributed by atoms with Crippen molar-refractivity contribution in [1.29, 1.82) is 0 Å². The molecule has 4 aromatic rings. The van der Waals surface area contributed by atoms with E-state index in [1.807, 2.05) is 121 Å². The van der Waals surface area contributed by atoms with Crippen LogP contribution < -0.4 is 0 Å². The molecule has 4 rings (SSSR count). The van der Waals surface area contributed by atoms with Gasteiger partial charge in [0.2, 0.25) is 0 Å². The Balaban J connectivity index is 1.42. The van der Waals surface area contributed by atoms with Crippen molar-refractivity contribution in [1.82, 2.24) is 0 Å². The van der Waals surface area contributed by atoms with E-state index in [0.717, 1.165) is 22.3 Å². The fraction of sp³-hybridized carbons (Fsp3) is 0.226. The molecule has 0 heterocycles. The smallest absolute Gasteiger partial charge is 0.163 e. The second-order valence-corrected chi connectivity index (χ2v) is 8.28. The van der Waals surface area contributed by atoms with Crippen LogP contribution in [-0.2, 0) is 45.4 Å². The predicted octanol–water partition coefficient (Wildman–Crippen LogP) is 6.90. The third-order valence-corrected chi connectivity index (χ3v) is 5.50. The molecule has 0 aliphatic rings. The van der Waals surface area contributed by atoms with Crippen molar-refractivity contribution in [2.24, 2.45) is 0 Å². The fourth-order valence-electron chi connectivity index (χ4n) is 3.58. The van der Waals surface area contributed by atoms with Crippen molar-refractivity contribution in [2.75, 3.05) is 0 Å². The maximum atomic E-state index is 6.20. The van der Waals surface area contributed by atoms with Crippen LogP contribution in [0.2, 0.25) is 0 Å². The normalized spacial score (nSPS) is 11.3. The van der Waals surface area contributed by atoms with Crippen LogP contribution in [0.25, 0.3) is 0 Å². The Bertz CT molecular complexity index is 896. The molecule has 0 aliphatic carbocycles. The van der Waals surface area contributed by atoms with Gasteiger partial charge >= 0.3 is 0 Å². The summed E-state index contributed by atoms with van der Waals surface area (Å²) in [5.74, 6) is 0. The molecule has 0 atom stereocenters. The molecule has 0 fully saturated rings. The van der Waals surface area contributed by atoms with E-state index >= 15 is 0 Å². The van der Waals surface area contributed by atoms with Gasteiger partial charge in [0.05, 0.1) is 26.4 Å². The van der Waals surface area contributed by atoms with Crippen LogP contribution in [0, 0.1) is 0 Å². The number of hydrogen-bond donors (Lipinski definition) is 0. The maximum Gasteiger partial charge on any atom is 0.163 e. The van der Waals surface area contributed by atoms with Crippen molar-refractivity contribution in [3.8, 4) is 0 Å². The standard InChI is InChI=1S/C31H32O4/c1-5-13-26(14-6-1)22-32-30(33-23-27-15-7-2-8-16-27)21-31(34-24-28-17-9-3-10-18-28)35-25-29-19-11-4-12-20-29/h1-20,30-31H,21-25H2. The lowest BCUT2D eigenvalue weighted by Crippen LogP contribution is -2.28. The second-order valence-electron chi connectivity index (χ2n) is 8.28. The maximum absolute atomic E-state index is 6.20. The summed E-state index contributed by atoms with van der Waals surface area (Å²) in [5.41, 5.74) is 4.36. The molecule has 4 aromatic carbocycles. The Morgan fingerprint density at radius 1 is 0.343 bits per heavy atom. The Morgan fingerprint density at radius 2 is 0.571 bits per heavy atom. The first kappa shape index (κ1) is 24.8. The van der Waals surface area contributed by atoms with Crippen LogP contribution in [0.3, 0.4) is 0 Å². The second kappa shape index (κ2) is 14.2. The van der Waals surface area contributed by atoms with Gasteiger partial charge in [-0.3, -0.25) is 0 Å². The monoisotopic (exact) mass is 468 g/mol. The molecule has 0 radical (unpaired) electrons. The van der Waals surface area contributed by atoms with E-state index in [1.165, 1.54) is 0 Å². The summed E-state index contributed by atoms with van der Waals surface area (Å²) >= 11 is 0. The van der Waals surface area contributed by atoms with Gasteiger partial charge in [-0.1, -0.05) is 121 Å². The zero-order valence-corrected chi connectivity index (χ0v) is 19.9. The summed E-state index contributed by atoms with van der Waals surface area (Å²) in [7, 11) is 0. The lowest BCUT2D eigenvalue weighted by Gasteiger charge is -2.25. The predicted molar refractivity (Wildman–Crippen MR) is 137 cm³/mol. The average molecular weight is 469 g/mol. The average Bonchev–Trinajstić information content (AvgIpc) is 2.93. The molecule has 0 N–H and O–H groups in total. The van der Waals surface area contributed by atoms with Crippen molar-refractivity contribution in [3.05, 3.63) is 144 Å². The van der Waals surface area contributed by atoms with E-state index in [4.69, 9.17) is 18.9 Å². The quantitative estimate of drug-likeness (QED) is 0.189. The third-order valence-electron chi connectivity index (χ3n) is 5.50. The molecular weight excluding hydrogens is 436 g/mol. The van der Waals surface area contributed by atoms with Gasteiger partial charge in [-0.2, -0.15) is 0 Å². The fourth-order valence-corrected chi connectivity index (χ4v) is 3.58. The summed E-state index contributed by atoms with van der Waals surface area (Å²) in [5, 5.41) is 0. The molecule has 0 unspecified atom stereocenters. The molecule has 4 nitrogen and oxygen atoms in total. The van der Waals surface area contributed by atoms with Crippen LogP contribution >= 0.6 is 0 Å². The summed E-state index contributed by atoms with van der Waals surface area (Å²) in [6.07, 6.45) is -0.543. The molecule has 0 bridgehead atoms. The molecule has 0 spiro atoms. The van der Waals surface area contributed by atoms with Crippen molar-refractivity contribution in [3.63, 3.8) is 0 Å². The summed E-state index contributed by atoms with van der Waals surface area (Å²) < 4.78 is 24.8. The van der Waals surface area contributed by atoms with Crippen LogP contribution in [0.1, 0.15) is 28.7 Å². The zero-order chi connectivity index (χ0) is 24.0. The minimum atomic E-state index is -0.494. The molecule has 4 heteroatoms. The van der Waals surface area contributed by atoms with Gasteiger partial charge in [-0.25, -0.2) is 0 Å². The van der Waals surface area contributed by atoms with Crippen molar-refractivity contribution >= 4 is 0 Å². The van der Waals surface area contributed by atoms with Gasteiger partial charge in [0, 0.05) is 6.42 Å². The Labute approximate surface area is 208 Å². The third kappa shape index (κ3) is 9.12. The lowest BCUT2D eigenvalue weighted by atomic mass is 10.2. The number of rotatable bonds is 14. The highest BCUT2D eigenvalue weighted by molar-refractivity contribution is 5.15. The summed E-state index contributed by atoms with van der Waals surface area (Å²) in [6, 6.07) is 40.4. The van der Waals surface area contributed by atoms with Gasteiger partial charge in [-0.05, 0) is 22.3 Å². The first-order valence-electron chi connectivity index (χ1n) is 12.0. The molecule has 0 saturated carbocycles. The largest absolute Gasteiger partial charge is 0.348 e.